The van der Waals surface area contributed by atoms with Crippen LogP contribution in [-0.2, 0) is 6.54 Å². The molecule has 2 rings (SSSR count). The molecule has 3 N–H and O–H groups in total. The fourth-order valence-electron chi connectivity index (χ4n) is 2.11. The quantitative estimate of drug-likeness (QED) is 0.789. The molecule has 2 heterocycles. The summed E-state index contributed by atoms with van der Waals surface area (Å²) >= 11 is 0. The molecule has 0 bridgehead atoms. The Balaban J connectivity index is 1.99. The third-order valence-corrected chi connectivity index (χ3v) is 3.05. The summed E-state index contributed by atoms with van der Waals surface area (Å²) in [5.74, 6) is 0.131. The molecule has 0 aliphatic carbocycles. The average molecular weight is 224 g/mol. The van der Waals surface area contributed by atoms with Gasteiger partial charge >= 0.3 is 5.97 Å². The van der Waals surface area contributed by atoms with Gasteiger partial charge in [0, 0.05) is 6.54 Å². The number of aromatic carboxylic acids is 1. The minimum atomic E-state index is -0.932. The van der Waals surface area contributed by atoms with Crippen molar-refractivity contribution in [2.24, 2.45) is 11.7 Å². The Hall–Kier alpha value is -1.33. The van der Waals surface area contributed by atoms with Crippen LogP contribution >= 0.6 is 0 Å². The van der Waals surface area contributed by atoms with Crippen LogP contribution in [0.15, 0.2) is 16.7 Å². The van der Waals surface area contributed by atoms with Crippen molar-refractivity contribution in [2.75, 3.05) is 19.6 Å². The summed E-state index contributed by atoms with van der Waals surface area (Å²) in [5, 5.41) is 8.93. The highest BCUT2D eigenvalue weighted by molar-refractivity contribution is 5.88. The summed E-state index contributed by atoms with van der Waals surface area (Å²) in [6, 6.07) is 1.49. The molecule has 0 amide bonds. The first-order chi connectivity index (χ1) is 7.70. The first kappa shape index (κ1) is 11.2. The van der Waals surface area contributed by atoms with Crippen LogP contribution in [0, 0.1) is 5.92 Å². The predicted octanol–water partition coefficient (Wildman–Crippen LogP) is 0.758. The number of likely N-dealkylation sites (tertiary alicyclic amines) is 1. The fourth-order valence-corrected chi connectivity index (χ4v) is 2.11. The number of rotatable bonds is 4. The monoisotopic (exact) mass is 224 g/mol. The van der Waals surface area contributed by atoms with Gasteiger partial charge in [-0.25, -0.2) is 4.79 Å². The Morgan fingerprint density at radius 3 is 3.12 bits per heavy atom. The second kappa shape index (κ2) is 4.67. The van der Waals surface area contributed by atoms with Crippen LogP contribution in [0.25, 0.3) is 0 Å². The Morgan fingerprint density at radius 1 is 1.69 bits per heavy atom. The largest absolute Gasteiger partial charge is 0.478 e. The van der Waals surface area contributed by atoms with E-state index < -0.39 is 5.97 Å². The van der Waals surface area contributed by atoms with E-state index in [1.165, 1.54) is 12.3 Å². The van der Waals surface area contributed by atoms with Crippen LogP contribution in [-0.4, -0.2) is 35.6 Å². The summed E-state index contributed by atoms with van der Waals surface area (Å²) in [4.78, 5) is 13.1. The maximum Gasteiger partial charge on any atom is 0.339 e. The van der Waals surface area contributed by atoms with Crippen molar-refractivity contribution in [2.45, 2.75) is 13.0 Å². The highest BCUT2D eigenvalue weighted by Gasteiger charge is 2.24. The number of carbonyl (C=O) groups is 1. The molecule has 1 saturated heterocycles. The van der Waals surface area contributed by atoms with E-state index >= 15 is 0 Å². The van der Waals surface area contributed by atoms with Crippen LogP contribution in [0.4, 0.5) is 0 Å². The van der Waals surface area contributed by atoms with E-state index in [2.05, 4.69) is 4.90 Å². The number of hydrogen-bond acceptors (Lipinski definition) is 4. The molecule has 88 valence electrons. The Morgan fingerprint density at radius 2 is 2.50 bits per heavy atom. The van der Waals surface area contributed by atoms with Gasteiger partial charge in [-0.1, -0.05) is 0 Å². The lowest BCUT2D eigenvalue weighted by Gasteiger charge is -2.14. The summed E-state index contributed by atoms with van der Waals surface area (Å²) in [6.07, 6.45) is 2.51. The molecule has 1 aromatic rings. The molecule has 1 aromatic heterocycles. The van der Waals surface area contributed by atoms with Crippen molar-refractivity contribution in [3.8, 4) is 0 Å². The molecule has 1 atom stereocenters. The molecule has 0 radical (unpaired) electrons. The fraction of sp³-hybridized carbons (Fsp3) is 0.545. The zero-order valence-corrected chi connectivity index (χ0v) is 9.06. The summed E-state index contributed by atoms with van der Waals surface area (Å²) in [6.45, 7) is 3.14. The topological polar surface area (TPSA) is 79.7 Å². The van der Waals surface area contributed by atoms with E-state index in [1.54, 1.807) is 0 Å². The van der Waals surface area contributed by atoms with Crippen molar-refractivity contribution >= 4 is 5.97 Å². The van der Waals surface area contributed by atoms with Gasteiger partial charge in [-0.2, -0.15) is 0 Å². The first-order valence-corrected chi connectivity index (χ1v) is 5.42. The van der Waals surface area contributed by atoms with E-state index in [0.29, 0.717) is 24.8 Å². The van der Waals surface area contributed by atoms with Crippen LogP contribution in [0.2, 0.25) is 0 Å². The van der Waals surface area contributed by atoms with Gasteiger partial charge in [0.25, 0.3) is 0 Å². The van der Waals surface area contributed by atoms with Crippen molar-refractivity contribution in [1.29, 1.82) is 0 Å². The molecule has 16 heavy (non-hydrogen) atoms. The molecule has 1 fully saturated rings. The van der Waals surface area contributed by atoms with E-state index in [0.717, 1.165) is 19.5 Å². The second-order valence-corrected chi connectivity index (χ2v) is 4.19. The van der Waals surface area contributed by atoms with Gasteiger partial charge in [-0.3, -0.25) is 4.90 Å². The lowest BCUT2D eigenvalue weighted by Crippen LogP contribution is -2.23. The highest BCUT2D eigenvalue weighted by atomic mass is 16.4. The minimum Gasteiger partial charge on any atom is -0.478 e. The minimum absolute atomic E-state index is 0.260. The van der Waals surface area contributed by atoms with Gasteiger partial charge in [-0.15, -0.1) is 0 Å². The van der Waals surface area contributed by atoms with E-state index in [-0.39, 0.29) is 5.56 Å². The van der Waals surface area contributed by atoms with Gasteiger partial charge in [0.2, 0.25) is 0 Å². The van der Waals surface area contributed by atoms with Crippen molar-refractivity contribution < 1.29 is 14.3 Å². The zero-order valence-electron chi connectivity index (χ0n) is 9.06. The molecule has 1 aliphatic rings. The van der Waals surface area contributed by atoms with Crippen molar-refractivity contribution in [3.05, 3.63) is 23.7 Å². The van der Waals surface area contributed by atoms with Crippen LogP contribution < -0.4 is 5.73 Å². The molecule has 0 saturated carbocycles. The Bertz CT molecular complexity index is 375. The van der Waals surface area contributed by atoms with E-state index in [9.17, 15) is 4.79 Å². The molecule has 5 heteroatoms. The zero-order chi connectivity index (χ0) is 11.5. The molecular formula is C11H16N2O3. The lowest BCUT2D eigenvalue weighted by atomic mass is 10.1. The molecular weight excluding hydrogens is 208 g/mol. The summed E-state index contributed by atoms with van der Waals surface area (Å²) in [5.41, 5.74) is 5.86. The molecule has 0 aromatic carbocycles. The predicted molar refractivity (Wildman–Crippen MR) is 58.1 cm³/mol. The number of hydrogen-bond donors (Lipinski definition) is 2. The molecule has 0 spiro atoms. The number of nitrogens with zero attached hydrogens (tertiary/aromatic N) is 1. The molecule has 5 nitrogen and oxygen atoms in total. The maximum atomic E-state index is 10.9. The van der Waals surface area contributed by atoms with Crippen LogP contribution in [0.5, 0.6) is 0 Å². The van der Waals surface area contributed by atoms with Crippen molar-refractivity contribution in [3.63, 3.8) is 0 Å². The van der Waals surface area contributed by atoms with Gasteiger partial charge < -0.3 is 15.3 Å². The smallest absolute Gasteiger partial charge is 0.339 e. The number of carboxylic acid groups (broad SMARTS) is 1. The molecule has 1 unspecified atom stereocenters. The third-order valence-electron chi connectivity index (χ3n) is 3.05. The Labute approximate surface area is 93.8 Å². The van der Waals surface area contributed by atoms with E-state index in [4.69, 9.17) is 15.3 Å². The number of carboxylic acids is 1. The average Bonchev–Trinajstić information content (AvgIpc) is 2.87. The second-order valence-electron chi connectivity index (χ2n) is 4.19. The number of furan rings is 1. The van der Waals surface area contributed by atoms with Gasteiger partial charge in [0.05, 0.1) is 12.8 Å². The normalized spacial score (nSPS) is 21.4. The summed E-state index contributed by atoms with van der Waals surface area (Å²) in [7, 11) is 0. The van der Waals surface area contributed by atoms with Crippen LogP contribution in [0.1, 0.15) is 22.5 Å². The van der Waals surface area contributed by atoms with Gasteiger partial charge in [0.1, 0.15) is 11.3 Å². The Kier molecular flexibility index (Phi) is 3.26. The summed E-state index contributed by atoms with van der Waals surface area (Å²) < 4.78 is 5.20. The first-order valence-electron chi connectivity index (χ1n) is 5.42. The SMILES string of the molecule is NCC1CCN(Cc2occc2C(=O)O)C1. The lowest BCUT2D eigenvalue weighted by molar-refractivity contribution is 0.0693. The molecule has 1 aliphatic heterocycles. The van der Waals surface area contributed by atoms with E-state index in [1.807, 2.05) is 0 Å². The van der Waals surface area contributed by atoms with Crippen LogP contribution in [0.3, 0.4) is 0 Å². The van der Waals surface area contributed by atoms with Gasteiger partial charge in [0.15, 0.2) is 0 Å². The van der Waals surface area contributed by atoms with Gasteiger partial charge in [-0.05, 0) is 31.5 Å². The van der Waals surface area contributed by atoms with Crippen molar-refractivity contribution in [1.82, 2.24) is 4.90 Å². The highest BCUT2D eigenvalue weighted by Crippen LogP contribution is 2.20. The number of nitrogens with two attached hydrogens (primary N) is 1. The standard InChI is InChI=1S/C11H16N2O3/c12-5-8-1-3-13(6-8)7-10-9(11(14)15)2-4-16-10/h2,4,8H,1,3,5-7,12H2,(H,14,15). The third kappa shape index (κ3) is 2.25. The maximum absolute atomic E-state index is 10.9.